The number of nitrogens with one attached hydrogen (secondary N) is 1. The quantitative estimate of drug-likeness (QED) is 0.373. The standard InChI is InChI=1S/C36H46ClFN4O/c1-36(2)15-13-25(32(18-36)24-5-8-27(37)9-6-24)14-17-40-21-30-11-10-29(40)22-41(30)20-26-7-12-31-33(34(26)38)23-42(35(31)43)28-4-3-16-39-19-28/h5-9,12,28-30,39H,3-4,10-11,13-23H2,1-2H3/i16D,19D. The van der Waals surface area contributed by atoms with Gasteiger partial charge in [0.25, 0.3) is 5.91 Å². The SMILES string of the molecule is [2H]C1CCC(N2Cc3c(ccc(CN4CC5CCC4CN5CCC4=C(c5ccc(Cl)cc5)CC(C)(C)CC4)c3F)C2=O)C([2H])N1. The Morgan fingerprint density at radius 3 is 2.56 bits per heavy atom. The Kier molecular flexibility index (Phi) is 7.51. The molecule has 5 atom stereocenters. The number of amides is 1. The highest BCUT2D eigenvalue weighted by Gasteiger charge is 2.40. The molecule has 4 fully saturated rings. The molecule has 5 aliphatic heterocycles. The summed E-state index contributed by atoms with van der Waals surface area (Å²) in [6.07, 6.45) is 8.09. The molecule has 5 nitrogen and oxygen atoms in total. The Morgan fingerprint density at radius 2 is 1.81 bits per heavy atom. The fourth-order valence-electron chi connectivity index (χ4n) is 8.19. The van der Waals surface area contributed by atoms with Crippen LogP contribution in [-0.4, -0.2) is 71.4 Å². The van der Waals surface area contributed by atoms with E-state index in [2.05, 4.69) is 41.1 Å². The summed E-state index contributed by atoms with van der Waals surface area (Å²) in [6, 6.07) is 12.5. The summed E-state index contributed by atoms with van der Waals surface area (Å²) in [4.78, 5) is 20.0. The minimum atomic E-state index is -0.723. The lowest BCUT2D eigenvalue weighted by Gasteiger charge is -2.52. The first-order valence-corrected chi connectivity index (χ1v) is 16.6. The van der Waals surface area contributed by atoms with Crippen molar-refractivity contribution in [3.63, 3.8) is 0 Å². The fourth-order valence-corrected chi connectivity index (χ4v) is 8.32. The van der Waals surface area contributed by atoms with Crippen LogP contribution in [0.3, 0.4) is 0 Å². The molecule has 0 spiro atoms. The molecule has 0 radical (unpaired) electrons. The lowest BCUT2D eigenvalue weighted by Crippen LogP contribution is -2.62. The predicted octanol–water partition coefficient (Wildman–Crippen LogP) is 6.89. The third-order valence-electron chi connectivity index (χ3n) is 10.8. The molecular formula is C36H46ClFN4O. The van der Waals surface area contributed by atoms with E-state index in [1.807, 2.05) is 18.2 Å². The van der Waals surface area contributed by atoms with Gasteiger partial charge in [0, 0.05) is 75.3 Å². The number of piperazine rings is 1. The number of carbonyl (C=O) groups excluding carboxylic acids is 1. The molecule has 2 bridgehead atoms. The van der Waals surface area contributed by atoms with Gasteiger partial charge in [0.05, 0.1) is 6.54 Å². The monoisotopic (exact) mass is 606 g/mol. The zero-order valence-electron chi connectivity index (χ0n) is 27.5. The molecular weight excluding hydrogens is 559 g/mol. The number of nitrogens with zero attached hydrogens (tertiary/aromatic N) is 3. The van der Waals surface area contributed by atoms with Gasteiger partial charge in [0.1, 0.15) is 5.82 Å². The number of allylic oxidation sites excluding steroid dienone is 1. The largest absolute Gasteiger partial charge is 0.330 e. The van der Waals surface area contributed by atoms with Crippen LogP contribution in [0.5, 0.6) is 0 Å². The van der Waals surface area contributed by atoms with Crippen LogP contribution in [0.15, 0.2) is 42.0 Å². The van der Waals surface area contributed by atoms with E-state index in [9.17, 15) is 4.79 Å². The van der Waals surface area contributed by atoms with Gasteiger partial charge in [-0.25, -0.2) is 4.39 Å². The normalized spacial score (nSPS) is 31.8. The van der Waals surface area contributed by atoms with Gasteiger partial charge in [-0.1, -0.05) is 49.2 Å². The molecule has 4 saturated heterocycles. The van der Waals surface area contributed by atoms with Crippen LogP contribution >= 0.6 is 11.6 Å². The molecule has 0 aromatic heterocycles. The van der Waals surface area contributed by atoms with Gasteiger partial charge in [-0.2, -0.15) is 0 Å². The number of carbonyl (C=O) groups is 1. The van der Waals surface area contributed by atoms with Crippen molar-refractivity contribution >= 4 is 23.1 Å². The van der Waals surface area contributed by atoms with Crippen molar-refractivity contribution in [1.82, 2.24) is 20.0 Å². The van der Waals surface area contributed by atoms with Crippen molar-refractivity contribution in [2.75, 3.05) is 32.7 Å². The first-order valence-electron chi connectivity index (χ1n) is 17.4. The number of fused-ring (bicyclic) bond motifs is 4. The first-order chi connectivity index (χ1) is 21.6. The van der Waals surface area contributed by atoms with E-state index in [1.54, 1.807) is 16.5 Å². The highest BCUT2D eigenvalue weighted by molar-refractivity contribution is 6.30. The average molecular weight is 607 g/mol. The van der Waals surface area contributed by atoms with Gasteiger partial charge in [-0.15, -0.1) is 0 Å². The second-order valence-electron chi connectivity index (χ2n) is 14.2. The van der Waals surface area contributed by atoms with Crippen LogP contribution < -0.4 is 5.32 Å². The molecule has 1 N–H and O–H groups in total. The second kappa shape index (κ2) is 11.9. The molecule has 8 rings (SSSR count). The van der Waals surface area contributed by atoms with Crippen LogP contribution in [-0.2, 0) is 13.1 Å². The number of benzene rings is 2. The van der Waals surface area contributed by atoms with Crippen LogP contribution in [0.2, 0.25) is 5.02 Å². The average Bonchev–Trinajstić information content (AvgIpc) is 3.35. The number of piperidine rings is 3. The summed E-state index contributed by atoms with van der Waals surface area (Å²) in [7, 11) is 0. The fraction of sp³-hybridized carbons (Fsp3) is 0.583. The topological polar surface area (TPSA) is 38.8 Å². The zero-order chi connectivity index (χ0) is 31.5. The van der Waals surface area contributed by atoms with Crippen molar-refractivity contribution < 1.29 is 11.9 Å². The lowest BCUT2D eigenvalue weighted by molar-refractivity contribution is -0.0248. The third-order valence-corrected chi connectivity index (χ3v) is 11.0. The summed E-state index contributed by atoms with van der Waals surface area (Å²) >= 11 is 6.21. The molecule has 1 amide bonds. The first kappa shape index (κ1) is 27.1. The van der Waals surface area contributed by atoms with E-state index in [-0.39, 0.29) is 24.3 Å². The van der Waals surface area contributed by atoms with Gasteiger partial charge in [0.15, 0.2) is 0 Å². The van der Waals surface area contributed by atoms with E-state index in [0.29, 0.717) is 53.6 Å². The van der Waals surface area contributed by atoms with E-state index in [1.165, 1.54) is 24.0 Å². The van der Waals surface area contributed by atoms with E-state index in [0.717, 1.165) is 50.3 Å². The number of hydrogen-bond acceptors (Lipinski definition) is 4. The molecule has 5 heterocycles. The maximum atomic E-state index is 16.0. The molecule has 230 valence electrons. The molecule has 5 unspecified atom stereocenters. The number of rotatable bonds is 7. The lowest BCUT2D eigenvalue weighted by atomic mass is 9.72. The minimum Gasteiger partial charge on any atom is -0.330 e. The highest BCUT2D eigenvalue weighted by Crippen LogP contribution is 2.44. The summed E-state index contributed by atoms with van der Waals surface area (Å²) in [5, 5.41) is 3.70. The maximum absolute atomic E-state index is 16.0. The highest BCUT2D eigenvalue weighted by atomic mass is 35.5. The second-order valence-corrected chi connectivity index (χ2v) is 14.6. The van der Waals surface area contributed by atoms with Crippen molar-refractivity contribution in [2.24, 2.45) is 5.41 Å². The van der Waals surface area contributed by atoms with Crippen molar-refractivity contribution in [1.29, 1.82) is 0 Å². The maximum Gasteiger partial charge on any atom is 0.254 e. The van der Waals surface area contributed by atoms with E-state index in [4.69, 9.17) is 14.3 Å². The summed E-state index contributed by atoms with van der Waals surface area (Å²) < 4.78 is 32.3. The zero-order valence-corrected chi connectivity index (χ0v) is 26.3. The van der Waals surface area contributed by atoms with Crippen LogP contribution in [0.4, 0.5) is 4.39 Å². The molecule has 43 heavy (non-hydrogen) atoms. The van der Waals surface area contributed by atoms with Crippen molar-refractivity contribution in [2.45, 2.75) is 96.4 Å². The smallest absolute Gasteiger partial charge is 0.254 e. The van der Waals surface area contributed by atoms with Crippen molar-refractivity contribution in [3.05, 3.63) is 75.1 Å². The number of hydrogen-bond donors (Lipinski definition) is 1. The molecule has 2 aromatic rings. The van der Waals surface area contributed by atoms with Gasteiger partial charge in [0.2, 0.25) is 0 Å². The minimum absolute atomic E-state index is 0.188. The van der Waals surface area contributed by atoms with E-state index >= 15 is 4.39 Å². The Bertz CT molecular complexity index is 1480. The van der Waals surface area contributed by atoms with Crippen LogP contribution in [0.1, 0.15) is 95.0 Å². The Morgan fingerprint density at radius 1 is 1.05 bits per heavy atom. The van der Waals surface area contributed by atoms with Crippen molar-refractivity contribution in [3.8, 4) is 0 Å². The summed E-state index contributed by atoms with van der Waals surface area (Å²) in [6.45, 7) is 7.38. The van der Waals surface area contributed by atoms with Gasteiger partial charge in [-0.3, -0.25) is 14.6 Å². The van der Waals surface area contributed by atoms with Gasteiger partial charge >= 0.3 is 0 Å². The molecule has 1 aliphatic carbocycles. The number of halogens is 2. The predicted molar refractivity (Wildman–Crippen MR) is 172 cm³/mol. The molecule has 6 aliphatic rings. The van der Waals surface area contributed by atoms with Crippen LogP contribution in [0, 0.1) is 11.2 Å². The summed E-state index contributed by atoms with van der Waals surface area (Å²) in [5.74, 6) is -0.446. The van der Waals surface area contributed by atoms with Gasteiger partial charge < -0.3 is 10.2 Å². The van der Waals surface area contributed by atoms with Gasteiger partial charge in [-0.05, 0) is 92.6 Å². The molecule has 2 aromatic carbocycles. The Hall–Kier alpha value is -2.25. The van der Waals surface area contributed by atoms with Crippen LogP contribution in [0.25, 0.3) is 5.57 Å². The van der Waals surface area contributed by atoms with E-state index < -0.39 is 13.0 Å². The molecule has 7 heteroatoms. The Balaban J connectivity index is 1.00. The molecule has 0 saturated carbocycles. The summed E-state index contributed by atoms with van der Waals surface area (Å²) in [5.41, 5.74) is 6.30. The third kappa shape index (κ3) is 5.93. The Labute approximate surface area is 264 Å².